The smallest absolute Gasteiger partial charge is 0.335 e. The van der Waals surface area contributed by atoms with E-state index in [1.165, 1.54) is 13.2 Å². The molecule has 3 aromatic carbocycles. The second kappa shape index (κ2) is 10.4. The summed E-state index contributed by atoms with van der Waals surface area (Å²) >= 11 is 18.4. The SMILES string of the molecule is COc1ccc(N2C(=O)NC(=O)/C(=C\c3ccc(OCc4ccc(Cl)cc4Cl)c(Cl)c3)C2=O)cc1. The fraction of sp³-hybridized carbons (Fsp3) is 0.0800. The lowest BCUT2D eigenvalue weighted by Crippen LogP contribution is -2.54. The van der Waals surface area contributed by atoms with Crippen LogP contribution in [0.4, 0.5) is 10.5 Å². The van der Waals surface area contributed by atoms with Crippen molar-refractivity contribution in [3.63, 3.8) is 0 Å². The number of hydrogen-bond acceptors (Lipinski definition) is 5. The molecule has 35 heavy (non-hydrogen) atoms. The van der Waals surface area contributed by atoms with Gasteiger partial charge < -0.3 is 9.47 Å². The third-order valence-corrected chi connectivity index (χ3v) is 5.98. The molecule has 7 nitrogen and oxygen atoms in total. The zero-order valence-corrected chi connectivity index (χ0v) is 20.4. The fourth-order valence-electron chi connectivity index (χ4n) is 3.31. The van der Waals surface area contributed by atoms with Crippen molar-refractivity contribution in [1.29, 1.82) is 0 Å². The first-order chi connectivity index (χ1) is 16.8. The van der Waals surface area contributed by atoms with Crippen LogP contribution >= 0.6 is 34.8 Å². The third-order valence-electron chi connectivity index (χ3n) is 5.10. The van der Waals surface area contributed by atoms with Crippen LogP contribution in [0.3, 0.4) is 0 Å². The van der Waals surface area contributed by atoms with Crippen molar-refractivity contribution in [3.05, 3.63) is 92.4 Å². The van der Waals surface area contributed by atoms with Crippen molar-refractivity contribution < 1.29 is 23.9 Å². The van der Waals surface area contributed by atoms with E-state index in [1.807, 2.05) is 0 Å². The van der Waals surface area contributed by atoms with Crippen LogP contribution in [-0.4, -0.2) is 25.0 Å². The maximum Gasteiger partial charge on any atom is 0.335 e. The van der Waals surface area contributed by atoms with Crippen LogP contribution in [0, 0.1) is 0 Å². The fourth-order valence-corrected chi connectivity index (χ4v) is 4.01. The number of nitrogens with zero attached hydrogens (tertiary/aromatic N) is 1. The van der Waals surface area contributed by atoms with Crippen molar-refractivity contribution >= 4 is 64.4 Å². The average molecular weight is 532 g/mol. The van der Waals surface area contributed by atoms with Crippen LogP contribution in [0.25, 0.3) is 6.08 Å². The molecule has 1 aliphatic heterocycles. The molecular weight excluding hydrogens is 515 g/mol. The van der Waals surface area contributed by atoms with Crippen LogP contribution in [0.2, 0.25) is 15.1 Å². The van der Waals surface area contributed by atoms with Crippen molar-refractivity contribution in [3.8, 4) is 11.5 Å². The number of anilines is 1. The molecule has 0 spiro atoms. The molecule has 0 atom stereocenters. The molecule has 1 heterocycles. The van der Waals surface area contributed by atoms with E-state index in [0.717, 1.165) is 10.5 Å². The molecule has 0 radical (unpaired) electrons. The van der Waals surface area contributed by atoms with E-state index in [0.29, 0.717) is 27.1 Å². The average Bonchev–Trinajstić information content (AvgIpc) is 2.82. The van der Waals surface area contributed by atoms with Gasteiger partial charge in [-0.15, -0.1) is 0 Å². The number of carbonyl (C=O) groups excluding carboxylic acids is 3. The molecule has 0 aliphatic carbocycles. The number of nitrogens with one attached hydrogen (secondary N) is 1. The minimum absolute atomic E-state index is 0.163. The predicted molar refractivity (Wildman–Crippen MR) is 134 cm³/mol. The first-order valence-corrected chi connectivity index (χ1v) is 11.3. The number of ether oxygens (including phenoxy) is 2. The number of carbonyl (C=O) groups is 3. The molecule has 4 amide bonds. The van der Waals surface area contributed by atoms with Crippen LogP contribution in [-0.2, 0) is 16.2 Å². The van der Waals surface area contributed by atoms with Crippen molar-refractivity contribution in [2.45, 2.75) is 6.61 Å². The van der Waals surface area contributed by atoms with Gasteiger partial charge in [-0.25, -0.2) is 9.69 Å². The van der Waals surface area contributed by atoms with E-state index in [4.69, 9.17) is 44.3 Å². The Balaban J connectivity index is 1.55. The number of imide groups is 2. The summed E-state index contributed by atoms with van der Waals surface area (Å²) < 4.78 is 10.8. The van der Waals surface area contributed by atoms with E-state index in [9.17, 15) is 14.4 Å². The van der Waals surface area contributed by atoms with Gasteiger partial charge in [-0.1, -0.05) is 46.9 Å². The van der Waals surface area contributed by atoms with Crippen LogP contribution in [0.15, 0.2) is 66.2 Å². The normalized spacial score (nSPS) is 14.8. The molecule has 1 N–H and O–H groups in total. The summed E-state index contributed by atoms with van der Waals surface area (Å²) in [4.78, 5) is 38.7. The molecule has 0 aromatic heterocycles. The Kier molecular flexibility index (Phi) is 7.31. The number of hydrogen-bond donors (Lipinski definition) is 1. The third kappa shape index (κ3) is 5.43. The summed E-state index contributed by atoms with van der Waals surface area (Å²) in [6.45, 7) is 0.163. The van der Waals surface area contributed by atoms with Crippen LogP contribution < -0.4 is 19.7 Å². The zero-order valence-electron chi connectivity index (χ0n) is 18.2. The monoisotopic (exact) mass is 530 g/mol. The highest BCUT2D eigenvalue weighted by atomic mass is 35.5. The van der Waals surface area contributed by atoms with Gasteiger partial charge >= 0.3 is 6.03 Å². The van der Waals surface area contributed by atoms with Crippen molar-refractivity contribution in [2.24, 2.45) is 0 Å². The van der Waals surface area contributed by atoms with E-state index < -0.39 is 17.8 Å². The lowest BCUT2D eigenvalue weighted by Gasteiger charge is -2.26. The molecule has 0 bridgehead atoms. The second-order valence-electron chi connectivity index (χ2n) is 7.37. The summed E-state index contributed by atoms with van der Waals surface area (Å²) in [6.07, 6.45) is 1.35. The van der Waals surface area contributed by atoms with Gasteiger partial charge in [-0.3, -0.25) is 14.9 Å². The lowest BCUT2D eigenvalue weighted by atomic mass is 10.1. The van der Waals surface area contributed by atoms with Crippen LogP contribution in [0.1, 0.15) is 11.1 Å². The Hall–Kier alpha value is -3.52. The summed E-state index contributed by atoms with van der Waals surface area (Å²) in [7, 11) is 1.50. The lowest BCUT2D eigenvalue weighted by molar-refractivity contribution is -0.122. The van der Waals surface area contributed by atoms with Gasteiger partial charge in [-0.2, -0.15) is 0 Å². The standard InChI is InChI=1S/C25H17Cl3N2O5/c1-34-18-7-5-17(6-8-18)30-24(32)19(23(31)29-25(30)33)10-14-2-9-22(21(28)11-14)35-13-15-3-4-16(26)12-20(15)27/h2-12H,13H2,1H3,(H,29,31,33)/b19-10+. The maximum absolute atomic E-state index is 13.0. The zero-order chi connectivity index (χ0) is 25.1. The predicted octanol–water partition coefficient (Wildman–Crippen LogP) is 5.90. The number of urea groups is 1. The van der Waals surface area contributed by atoms with Gasteiger partial charge in [0.25, 0.3) is 11.8 Å². The first-order valence-electron chi connectivity index (χ1n) is 10.2. The molecule has 1 fully saturated rings. The number of benzene rings is 3. The molecule has 4 rings (SSSR count). The van der Waals surface area contributed by atoms with Crippen LogP contribution in [0.5, 0.6) is 11.5 Å². The Morgan fingerprint density at radius 2 is 1.66 bits per heavy atom. The number of barbiturate groups is 1. The summed E-state index contributed by atoms with van der Waals surface area (Å²) in [6, 6.07) is 15.3. The molecule has 10 heteroatoms. The molecule has 0 saturated carbocycles. The van der Waals surface area contributed by atoms with Gasteiger partial charge in [0.1, 0.15) is 23.7 Å². The van der Waals surface area contributed by atoms with Gasteiger partial charge in [0.15, 0.2) is 0 Å². The van der Waals surface area contributed by atoms with Gasteiger partial charge in [-0.05, 0) is 60.2 Å². The summed E-state index contributed by atoms with van der Waals surface area (Å²) in [5.74, 6) is -0.633. The highest BCUT2D eigenvalue weighted by molar-refractivity contribution is 6.39. The Labute approximate surface area is 215 Å². The molecule has 0 unspecified atom stereocenters. The number of amides is 4. The van der Waals surface area contributed by atoms with Crippen molar-refractivity contribution in [2.75, 3.05) is 12.0 Å². The molecule has 3 aromatic rings. The highest BCUT2D eigenvalue weighted by Gasteiger charge is 2.36. The summed E-state index contributed by atoms with van der Waals surface area (Å²) in [5.41, 5.74) is 1.26. The Bertz CT molecular complexity index is 1360. The van der Waals surface area contributed by atoms with Crippen molar-refractivity contribution in [1.82, 2.24) is 5.32 Å². The van der Waals surface area contributed by atoms with Gasteiger partial charge in [0.2, 0.25) is 0 Å². The number of halogens is 3. The quantitative estimate of drug-likeness (QED) is 0.316. The first kappa shape index (κ1) is 24.6. The number of rotatable bonds is 6. The van der Waals surface area contributed by atoms with E-state index in [-0.39, 0.29) is 22.9 Å². The van der Waals surface area contributed by atoms with E-state index in [1.54, 1.807) is 60.7 Å². The maximum atomic E-state index is 13.0. The number of methoxy groups -OCH3 is 1. The molecule has 178 valence electrons. The van der Waals surface area contributed by atoms with Gasteiger partial charge in [0, 0.05) is 15.6 Å². The molecule has 1 saturated heterocycles. The largest absolute Gasteiger partial charge is 0.497 e. The molecule has 1 aliphatic rings. The summed E-state index contributed by atoms with van der Waals surface area (Å²) in [5, 5.41) is 3.42. The molecular formula is C25H17Cl3N2O5. The second-order valence-corrected chi connectivity index (χ2v) is 8.62. The topological polar surface area (TPSA) is 84.9 Å². The van der Waals surface area contributed by atoms with E-state index >= 15 is 0 Å². The van der Waals surface area contributed by atoms with E-state index in [2.05, 4.69) is 5.32 Å². The minimum atomic E-state index is -0.843. The van der Waals surface area contributed by atoms with Gasteiger partial charge in [0.05, 0.1) is 17.8 Å². The highest BCUT2D eigenvalue weighted by Crippen LogP contribution is 2.30. The minimum Gasteiger partial charge on any atom is -0.497 e. The Morgan fingerprint density at radius 1 is 0.914 bits per heavy atom. The Morgan fingerprint density at radius 3 is 2.31 bits per heavy atom.